The van der Waals surface area contributed by atoms with Crippen molar-refractivity contribution < 1.29 is 9.31 Å². The van der Waals surface area contributed by atoms with Gasteiger partial charge in [-0.3, -0.25) is 10.1 Å². The van der Waals surface area contributed by atoms with Crippen molar-refractivity contribution in [2.75, 3.05) is 5.32 Å². The van der Waals surface area contributed by atoms with Gasteiger partial charge < -0.3 is 5.32 Å². The molecule has 0 fully saturated rings. The van der Waals surface area contributed by atoms with Crippen molar-refractivity contribution in [3.8, 4) is 0 Å². The smallest absolute Gasteiger partial charge is 0.334 e. The van der Waals surface area contributed by atoms with E-state index < -0.39 is 4.92 Å². The Morgan fingerprint density at radius 2 is 2.10 bits per heavy atom. The minimum atomic E-state index is -0.452. The molecular formula is C14H17FN4O2. The van der Waals surface area contributed by atoms with E-state index in [2.05, 4.69) is 10.4 Å². The van der Waals surface area contributed by atoms with Gasteiger partial charge in [0.05, 0.1) is 4.92 Å². The Morgan fingerprint density at radius 1 is 1.43 bits per heavy atom. The summed E-state index contributed by atoms with van der Waals surface area (Å²) in [7, 11) is 1.63. The third-order valence-electron chi connectivity index (χ3n) is 3.18. The van der Waals surface area contributed by atoms with Gasteiger partial charge in [0.1, 0.15) is 11.5 Å². The second kappa shape index (κ2) is 5.90. The summed E-state index contributed by atoms with van der Waals surface area (Å²) in [5.74, 6) is -0.133. The van der Waals surface area contributed by atoms with E-state index in [0.717, 1.165) is 0 Å². The first-order valence-corrected chi connectivity index (χ1v) is 6.60. The van der Waals surface area contributed by atoms with Crippen LogP contribution in [0.2, 0.25) is 0 Å². The fraction of sp³-hybridized carbons (Fsp3) is 0.357. The van der Waals surface area contributed by atoms with Crippen molar-refractivity contribution in [2.45, 2.75) is 26.3 Å². The van der Waals surface area contributed by atoms with E-state index in [1.807, 2.05) is 13.8 Å². The number of nitrogens with zero attached hydrogens (tertiary/aromatic N) is 3. The lowest BCUT2D eigenvalue weighted by atomic mass is 10.1. The summed E-state index contributed by atoms with van der Waals surface area (Å²) < 4.78 is 15.0. The predicted octanol–water partition coefficient (Wildman–Crippen LogP) is 3.20. The van der Waals surface area contributed by atoms with Crippen LogP contribution < -0.4 is 5.32 Å². The molecule has 0 radical (unpaired) electrons. The SMILES string of the molecule is CC(C)c1nn(C)c(NCc2ccccc2F)c1[N+](=O)[O-]. The number of aromatic nitrogens is 2. The van der Waals surface area contributed by atoms with Crippen LogP contribution in [0.1, 0.15) is 31.0 Å². The first-order chi connectivity index (χ1) is 9.91. The minimum Gasteiger partial charge on any atom is -0.360 e. The lowest BCUT2D eigenvalue weighted by Gasteiger charge is -2.07. The van der Waals surface area contributed by atoms with Crippen LogP contribution in [0.15, 0.2) is 24.3 Å². The summed E-state index contributed by atoms with van der Waals surface area (Å²) in [5.41, 5.74) is 0.807. The van der Waals surface area contributed by atoms with Crippen molar-refractivity contribution in [3.05, 3.63) is 51.5 Å². The van der Waals surface area contributed by atoms with Crippen molar-refractivity contribution in [3.63, 3.8) is 0 Å². The van der Waals surface area contributed by atoms with E-state index in [4.69, 9.17) is 0 Å². The van der Waals surface area contributed by atoms with Gasteiger partial charge in [-0.2, -0.15) is 5.10 Å². The monoisotopic (exact) mass is 292 g/mol. The summed E-state index contributed by atoms with van der Waals surface area (Å²) in [4.78, 5) is 10.8. The van der Waals surface area contributed by atoms with Gasteiger partial charge in [0, 0.05) is 25.1 Å². The highest BCUT2D eigenvalue weighted by Crippen LogP contribution is 2.33. The Morgan fingerprint density at radius 3 is 2.67 bits per heavy atom. The molecule has 0 saturated heterocycles. The van der Waals surface area contributed by atoms with Crippen LogP contribution in [-0.2, 0) is 13.6 Å². The molecule has 1 aromatic carbocycles. The Labute approximate surface area is 121 Å². The van der Waals surface area contributed by atoms with Crippen molar-refractivity contribution in [2.24, 2.45) is 7.05 Å². The summed E-state index contributed by atoms with van der Waals surface area (Å²) >= 11 is 0. The highest BCUT2D eigenvalue weighted by atomic mass is 19.1. The quantitative estimate of drug-likeness (QED) is 0.678. The maximum atomic E-state index is 13.6. The number of aryl methyl sites for hydroxylation is 1. The molecule has 1 N–H and O–H groups in total. The van der Waals surface area contributed by atoms with Gasteiger partial charge in [-0.25, -0.2) is 9.07 Å². The highest BCUT2D eigenvalue weighted by Gasteiger charge is 2.28. The first kappa shape index (κ1) is 15.0. The molecule has 0 unspecified atom stereocenters. The summed E-state index contributed by atoms with van der Waals surface area (Å²) in [6.07, 6.45) is 0. The molecular weight excluding hydrogens is 275 g/mol. The topological polar surface area (TPSA) is 73.0 Å². The average molecular weight is 292 g/mol. The van der Waals surface area contributed by atoms with Gasteiger partial charge in [-0.15, -0.1) is 0 Å². The van der Waals surface area contributed by atoms with Crippen molar-refractivity contribution in [1.82, 2.24) is 9.78 Å². The number of hydrogen-bond acceptors (Lipinski definition) is 4. The average Bonchev–Trinajstić information content (AvgIpc) is 2.75. The molecule has 0 amide bonds. The van der Waals surface area contributed by atoms with E-state index in [1.54, 1.807) is 25.2 Å². The molecule has 112 valence electrons. The van der Waals surface area contributed by atoms with Crippen LogP contribution >= 0.6 is 0 Å². The van der Waals surface area contributed by atoms with E-state index in [-0.39, 0.29) is 29.8 Å². The van der Waals surface area contributed by atoms with Gasteiger partial charge in [-0.1, -0.05) is 32.0 Å². The van der Waals surface area contributed by atoms with Crippen LogP contribution in [0.3, 0.4) is 0 Å². The third kappa shape index (κ3) is 3.01. The number of nitro groups is 1. The molecule has 0 aliphatic heterocycles. The second-order valence-electron chi connectivity index (χ2n) is 5.06. The predicted molar refractivity (Wildman–Crippen MR) is 77.7 cm³/mol. The van der Waals surface area contributed by atoms with Crippen LogP contribution in [0.25, 0.3) is 0 Å². The maximum Gasteiger partial charge on any atom is 0.334 e. The van der Waals surface area contributed by atoms with Crippen LogP contribution in [0.5, 0.6) is 0 Å². The van der Waals surface area contributed by atoms with Crippen molar-refractivity contribution in [1.29, 1.82) is 0 Å². The number of halogens is 1. The number of benzene rings is 1. The molecule has 21 heavy (non-hydrogen) atoms. The molecule has 1 aromatic heterocycles. The Balaban J connectivity index is 2.32. The first-order valence-electron chi connectivity index (χ1n) is 6.60. The number of anilines is 1. The molecule has 0 spiro atoms. The highest BCUT2D eigenvalue weighted by molar-refractivity contribution is 5.60. The molecule has 0 atom stereocenters. The summed E-state index contributed by atoms with van der Waals surface area (Å²) in [6.45, 7) is 3.84. The van der Waals surface area contributed by atoms with Crippen molar-refractivity contribution >= 4 is 11.5 Å². The van der Waals surface area contributed by atoms with Crippen LogP contribution in [-0.4, -0.2) is 14.7 Å². The summed E-state index contributed by atoms with van der Waals surface area (Å²) in [6, 6.07) is 6.31. The zero-order valence-corrected chi connectivity index (χ0v) is 12.1. The molecule has 0 aliphatic rings. The number of rotatable bonds is 5. The lowest BCUT2D eigenvalue weighted by molar-refractivity contribution is -0.384. The van der Waals surface area contributed by atoms with Crippen LogP contribution in [0.4, 0.5) is 15.9 Å². The van der Waals surface area contributed by atoms with Gasteiger partial charge in [0.25, 0.3) is 0 Å². The summed E-state index contributed by atoms with van der Waals surface area (Å²) in [5, 5.41) is 18.4. The fourth-order valence-electron chi connectivity index (χ4n) is 2.12. The standard InChI is InChI=1S/C14H17FN4O2/c1-9(2)12-13(19(20)21)14(18(3)17-12)16-8-10-6-4-5-7-11(10)15/h4-7,9,16H,8H2,1-3H3. The largest absolute Gasteiger partial charge is 0.360 e. The Kier molecular flexibility index (Phi) is 4.21. The number of hydrogen-bond donors (Lipinski definition) is 1. The normalized spacial score (nSPS) is 10.9. The van der Waals surface area contributed by atoms with Gasteiger partial charge >= 0.3 is 5.69 Å². The molecule has 2 rings (SSSR count). The van der Waals surface area contributed by atoms with E-state index in [9.17, 15) is 14.5 Å². The molecule has 0 bridgehead atoms. The molecule has 0 aliphatic carbocycles. The molecule has 0 saturated carbocycles. The zero-order chi connectivity index (χ0) is 15.6. The van der Waals surface area contributed by atoms with Crippen LogP contribution in [0, 0.1) is 15.9 Å². The number of nitrogens with one attached hydrogen (secondary N) is 1. The molecule has 2 aromatic rings. The lowest BCUT2D eigenvalue weighted by Crippen LogP contribution is -2.07. The fourth-order valence-corrected chi connectivity index (χ4v) is 2.12. The molecule has 6 nitrogen and oxygen atoms in total. The van der Waals surface area contributed by atoms with E-state index in [0.29, 0.717) is 11.3 Å². The van der Waals surface area contributed by atoms with Gasteiger partial charge in [0.15, 0.2) is 0 Å². The molecule has 1 heterocycles. The van der Waals surface area contributed by atoms with E-state index in [1.165, 1.54) is 10.7 Å². The second-order valence-corrected chi connectivity index (χ2v) is 5.06. The Hall–Kier alpha value is -2.44. The maximum absolute atomic E-state index is 13.6. The molecule has 7 heteroatoms. The third-order valence-corrected chi connectivity index (χ3v) is 3.18. The zero-order valence-electron chi connectivity index (χ0n) is 12.1. The minimum absolute atomic E-state index is 0.0520. The van der Waals surface area contributed by atoms with Gasteiger partial charge in [0.2, 0.25) is 5.82 Å². The Bertz CT molecular complexity index is 667. The van der Waals surface area contributed by atoms with E-state index >= 15 is 0 Å². The van der Waals surface area contributed by atoms with Gasteiger partial charge in [-0.05, 0) is 6.07 Å².